The van der Waals surface area contributed by atoms with Crippen molar-refractivity contribution in [3.05, 3.63) is 0 Å². The Bertz CT molecular complexity index is 323. The quantitative estimate of drug-likeness (QED) is 0.722. The molecule has 104 valence electrons. The summed E-state index contributed by atoms with van der Waals surface area (Å²) in [5.41, 5.74) is -0.509. The van der Waals surface area contributed by atoms with Crippen LogP contribution in [-0.2, 0) is 4.79 Å². The standard InChI is InChI=1S/C13H24N2O3/c1-8-6-5-7-9(8)14-12(18)15-10(11(16)17)13(2,3)4/h8-10H,5-7H2,1-4H3,(H,16,17)(H2,14,15,18). The third-order valence-corrected chi connectivity index (χ3v) is 3.57. The Morgan fingerprint density at radius 2 is 1.89 bits per heavy atom. The van der Waals surface area contributed by atoms with Gasteiger partial charge in [-0.25, -0.2) is 9.59 Å². The smallest absolute Gasteiger partial charge is 0.326 e. The van der Waals surface area contributed by atoms with Crippen LogP contribution in [0.2, 0.25) is 0 Å². The van der Waals surface area contributed by atoms with Crippen molar-refractivity contribution in [2.45, 2.75) is 59.0 Å². The van der Waals surface area contributed by atoms with Gasteiger partial charge in [0, 0.05) is 6.04 Å². The van der Waals surface area contributed by atoms with Gasteiger partial charge in [0.05, 0.1) is 0 Å². The maximum absolute atomic E-state index is 11.8. The zero-order chi connectivity index (χ0) is 13.9. The number of nitrogens with one attached hydrogen (secondary N) is 2. The summed E-state index contributed by atoms with van der Waals surface area (Å²) < 4.78 is 0. The van der Waals surface area contributed by atoms with Gasteiger partial charge in [-0.05, 0) is 24.2 Å². The number of carboxylic acid groups (broad SMARTS) is 1. The third kappa shape index (κ3) is 3.89. The second kappa shape index (κ2) is 5.59. The van der Waals surface area contributed by atoms with E-state index in [-0.39, 0.29) is 12.1 Å². The van der Waals surface area contributed by atoms with Gasteiger partial charge in [0.1, 0.15) is 6.04 Å². The van der Waals surface area contributed by atoms with Crippen molar-refractivity contribution in [1.82, 2.24) is 10.6 Å². The number of carboxylic acids is 1. The predicted octanol–water partition coefficient (Wildman–Crippen LogP) is 1.97. The highest BCUT2D eigenvalue weighted by Crippen LogP contribution is 2.25. The fraction of sp³-hybridized carbons (Fsp3) is 0.846. The summed E-state index contributed by atoms with van der Waals surface area (Å²) in [5.74, 6) is -0.536. The lowest BCUT2D eigenvalue weighted by molar-refractivity contribution is -0.141. The van der Waals surface area contributed by atoms with E-state index in [9.17, 15) is 9.59 Å². The van der Waals surface area contributed by atoms with E-state index in [1.807, 2.05) is 0 Å². The molecule has 0 aromatic carbocycles. The Kier molecular flexibility index (Phi) is 4.59. The minimum absolute atomic E-state index is 0.166. The number of urea groups is 1. The lowest BCUT2D eigenvalue weighted by atomic mass is 9.87. The number of hydrogen-bond acceptors (Lipinski definition) is 2. The average Bonchev–Trinajstić information content (AvgIpc) is 2.59. The van der Waals surface area contributed by atoms with Gasteiger partial charge in [-0.15, -0.1) is 0 Å². The molecule has 0 bridgehead atoms. The second-order valence-electron chi connectivity index (χ2n) is 6.27. The van der Waals surface area contributed by atoms with E-state index in [0.29, 0.717) is 5.92 Å². The van der Waals surface area contributed by atoms with E-state index >= 15 is 0 Å². The Balaban J connectivity index is 2.54. The van der Waals surface area contributed by atoms with E-state index in [0.717, 1.165) is 19.3 Å². The molecule has 0 radical (unpaired) electrons. The fourth-order valence-corrected chi connectivity index (χ4v) is 2.35. The second-order valence-corrected chi connectivity index (χ2v) is 6.27. The first-order valence-electron chi connectivity index (χ1n) is 6.51. The molecule has 1 aliphatic carbocycles. The van der Waals surface area contributed by atoms with Gasteiger partial charge in [-0.2, -0.15) is 0 Å². The molecule has 1 aliphatic rings. The molecule has 1 rings (SSSR count). The van der Waals surface area contributed by atoms with Crippen LogP contribution in [0.4, 0.5) is 4.79 Å². The molecule has 18 heavy (non-hydrogen) atoms. The van der Waals surface area contributed by atoms with E-state index in [4.69, 9.17) is 5.11 Å². The van der Waals surface area contributed by atoms with Crippen LogP contribution >= 0.6 is 0 Å². The van der Waals surface area contributed by atoms with Crippen molar-refractivity contribution in [3.8, 4) is 0 Å². The van der Waals surface area contributed by atoms with Crippen LogP contribution in [0.15, 0.2) is 0 Å². The molecule has 1 saturated carbocycles. The summed E-state index contributed by atoms with van der Waals surface area (Å²) in [6.07, 6.45) is 3.21. The number of amides is 2. The predicted molar refractivity (Wildman–Crippen MR) is 69.3 cm³/mol. The van der Waals surface area contributed by atoms with Crippen molar-refractivity contribution >= 4 is 12.0 Å². The first-order valence-corrected chi connectivity index (χ1v) is 6.51. The molecule has 3 atom stereocenters. The molecule has 0 spiro atoms. The number of aliphatic carboxylic acids is 1. The van der Waals surface area contributed by atoms with E-state index < -0.39 is 17.4 Å². The topological polar surface area (TPSA) is 78.4 Å². The molecule has 5 heteroatoms. The molecule has 3 N–H and O–H groups in total. The zero-order valence-corrected chi connectivity index (χ0v) is 11.6. The van der Waals surface area contributed by atoms with Crippen LogP contribution in [0.5, 0.6) is 0 Å². The molecule has 0 aliphatic heterocycles. The lowest BCUT2D eigenvalue weighted by Crippen LogP contribution is -2.54. The van der Waals surface area contributed by atoms with Crippen LogP contribution < -0.4 is 10.6 Å². The van der Waals surface area contributed by atoms with Crippen molar-refractivity contribution < 1.29 is 14.7 Å². The summed E-state index contributed by atoms with van der Waals surface area (Å²) in [7, 11) is 0. The first kappa shape index (κ1) is 14.8. The van der Waals surface area contributed by atoms with Gasteiger partial charge in [0.2, 0.25) is 0 Å². The summed E-state index contributed by atoms with van der Waals surface area (Å²) in [6, 6.07) is -1.09. The van der Waals surface area contributed by atoms with E-state index in [1.54, 1.807) is 20.8 Å². The summed E-state index contributed by atoms with van der Waals surface area (Å²) in [5, 5.41) is 14.6. The Hall–Kier alpha value is -1.26. The monoisotopic (exact) mass is 256 g/mol. The summed E-state index contributed by atoms with van der Waals surface area (Å²) in [4.78, 5) is 23.0. The van der Waals surface area contributed by atoms with Crippen LogP contribution in [0.1, 0.15) is 47.0 Å². The highest BCUT2D eigenvalue weighted by molar-refractivity contribution is 5.83. The molecule has 1 fully saturated rings. The Morgan fingerprint density at radius 1 is 1.28 bits per heavy atom. The molecule has 3 unspecified atom stereocenters. The molecular weight excluding hydrogens is 232 g/mol. The van der Waals surface area contributed by atoms with Crippen LogP contribution in [0, 0.1) is 11.3 Å². The highest BCUT2D eigenvalue weighted by Gasteiger charge is 2.33. The summed E-state index contributed by atoms with van der Waals surface area (Å²) >= 11 is 0. The molecule has 0 heterocycles. The third-order valence-electron chi connectivity index (χ3n) is 3.57. The van der Waals surface area contributed by atoms with E-state index in [2.05, 4.69) is 17.6 Å². The van der Waals surface area contributed by atoms with Gasteiger partial charge < -0.3 is 15.7 Å². The normalized spacial score (nSPS) is 25.6. The molecule has 0 saturated heterocycles. The molecule has 0 aromatic heterocycles. The highest BCUT2D eigenvalue weighted by atomic mass is 16.4. The first-order chi connectivity index (χ1) is 8.21. The largest absolute Gasteiger partial charge is 0.480 e. The van der Waals surface area contributed by atoms with Crippen LogP contribution in [0.25, 0.3) is 0 Å². The average molecular weight is 256 g/mol. The zero-order valence-electron chi connectivity index (χ0n) is 11.6. The van der Waals surface area contributed by atoms with Gasteiger partial charge in [-0.1, -0.05) is 34.1 Å². The Labute approximate surface area is 108 Å². The van der Waals surface area contributed by atoms with Crippen molar-refractivity contribution in [3.63, 3.8) is 0 Å². The number of carbonyl (C=O) groups is 2. The fourth-order valence-electron chi connectivity index (χ4n) is 2.35. The molecular formula is C13H24N2O3. The maximum atomic E-state index is 11.8. The number of hydrogen-bond donors (Lipinski definition) is 3. The minimum atomic E-state index is -1.00. The van der Waals surface area contributed by atoms with Gasteiger partial charge in [-0.3, -0.25) is 0 Å². The van der Waals surface area contributed by atoms with Crippen molar-refractivity contribution in [2.24, 2.45) is 11.3 Å². The minimum Gasteiger partial charge on any atom is -0.480 e. The van der Waals surface area contributed by atoms with Crippen molar-refractivity contribution in [1.29, 1.82) is 0 Å². The van der Waals surface area contributed by atoms with Gasteiger partial charge in [0.15, 0.2) is 0 Å². The van der Waals surface area contributed by atoms with Gasteiger partial charge in [0.25, 0.3) is 0 Å². The summed E-state index contributed by atoms with van der Waals surface area (Å²) in [6.45, 7) is 7.50. The van der Waals surface area contributed by atoms with E-state index in [1.165, 1.54) is 0 Å². The van der Waals surface area contributed by atoms with Crippen molar-refractivity contribution in [2.75, 3.05) is 0 Å². The number of carbonyl (C=O) groups excluding carboxylic acids is 1. The SMILES string of the molecule is CC1CCCC1NC(=O)NC(C(=O)O)C(C)(C)C. The van der Waals surface area contributed by atoms with Crippen LogP contribution in [0.3, 0.4) is 0 Å². The molecule has 0 aromatic rings. The number of rotatable bonds is 3. The van der Waals surface area contributed by atoms with Gasteiger partial charge >= 0.3 is 12.0 Å². The molecule has 2 amide bonds. The lowest BCUT2D eigenvalue weighted by Gasteiger charge is -2.28. The molecule has 5 nitrogen and oxygen atoms in total. The maximum Gasteiger partial charge on any atom is 0.326 e. The van der Waals surface area contributed by atoms with Crippen LogP contribution in [-0.4, -0.2) is 29.2 Å². The Morgan fingerprint density at radius 3 is 2.28 bits per heavy atom.